The van der Waals surface area contributed by atoms with E-state index >= 15 is 0 Å². The van der Waals surface area contributed by atoms with Gasteiger partial charge < -0.3 is 24.7 Å². The molecule has 0 aliphatic rings. The summed E-state index contributed by atoms with van der Waals surface area (Å²) in [6, 6.07) is 0. The second-order valence-corrected chi connectivity index (χ2v) is 9.83. The molecule has 19 heteroatoms. The molecule has 0 spiro atoms. The molecule has 36 heavy (non-hydrogen) atoms. The number of rotatable bonds is 19. The van der Waals surface area contributed by atoms with Crippen LogP contribution in [0.4, 0.5) is 0 Å². The van der Waals surface area contributed by atoms with Crippen LogP contribution in [0.5, 0.6) is 0 Å². The Morgan fingerprint density at radius 1 is 0.472 bits per heavy atom. The third-order valence-corrected chi connectivity index (χ3v) is 6.16. The summed E-state index contributed by atoms with van der Waals surface area (Å²) >= 11 is 0. The number of unbranched alkanes of at least 4 members (excludes halogenated alkanes) is 14. The maximum absolute atomic E-state index is 9.24. The molecule has 0 saturated carbocycles. The van der Waals surface area contributed by atoms with E-state index in [0.717, 1.165) is 6.42 Å². The van der Waals surface area contributed by atoms with Crippen LogP contribution in [0.3, 0.4) is 0 Å². The van der Waals surface area contributed by atoms with Gasteiger partial charge in [-0.1, -0.05) is 96.8 Å². The standard InChI is InChI=1S/C17H36O.4Na.2O5P2/c1-2-3-4-5-6-7-8-9-10-11-12-13-14-15-16-17-18;;;;;2*1-6(2)5-7(3)4/h18H,2-17H2,1H3;;;;;;/q;4*+1;;. The Morgan fingerprint density at radius 2 is 0.667 bits per heavy atom. The summed E-state index contributed by atoms with van der Waals surface area (Å²) in [6.07, 6.45) is 20.7. The third-order valence-electron chi connectivity index (χ3n) is 4.03. The van der Waals surface area contributed by atoms with Crippen molar-refractivity contribution < 1.29 is 170 Å². The van der Waals surface area contributed by atoms with E-state index in [9.17, 15) is 37.8 Å². The van der Waals surface area contributed by atoms with Crippen molar-refractivity contribution in [3.05, 3.63) is 0 Å². The molecule has 0 saturated heterocycles. The summed E-state index contributed by atoms with van der Waals surface area (Å²) in [4.78, 5) is 37.0. The van der Waals surface area contributed by atoms with Gasteiger partial charge in [0.2, 0.25) is 0 Å². The normalized spacial score (nSPS) is 10.7. The Morgan fingerprint density at radius 3 is 0.806 bits per heavy atom. The van der Waals surface area contributed by atoms with Crippen molar-refractivity contribution in [2.24, 2.45) is 0 Å². The number of aliphatic hydroxyl groups is 1. The summed E-state index contributed by atoms with van der Waals surface area (Å²) in [5.74, 6) is 0. The van der Waals surface area contributed by atoms with Gasteiger partial charge in [0.25, 0.3) is 0 Å². The zero-order valence-electron chi connectivity index (χ0n) is 22.6. The molecule has 11 nitrogen and oxygen atoms in total. The van der Waals surface area contributed by atoms with Gasteiger partial charge in [-0.15, -0.1) is 0 Å². The molecule has 0 fully saturated rings. The van der Waals surface area contributed by atoms with E-state index in [0.29, 0.717) is 6.61 Å². The van der Waals surface area contributed by atoms with E-state index < -0.39 is 33.0 Å². The maximum Gasteiger partial charge on any atom is 1.00 e. The van der Waals surface area contributed by atoms with Gasteiger partial charge in [0.05, 0.1) is 0 Å². The third kappa shape index (κ3) is 71.4. The number of hydrogen-bond acceptors (Lipinski definition) is 11. The van der Waals surface area contributed by atoms with E-state index in [4.69, 9.17) is 5.11 Å². The Bertz CT molecular complexity index is 434. The van der Waals surface area contributed by atoms with Gasteiger partial charge >= 0.3 is 151 Å². The summed E-state index contributed by atoms with van der Waals surface area (Å²) < 4.78 is 43.3. The number of hydrogen-bond donors (Lipinski definition) is 1. The van der Waals surface area contributed by atoms with Crippen LogP contribution < -0.4 is 138 Å². The summed E-state index contributed by atoms with van der Waals surface area (Å²) in [5.41, 5.74) is 0. The fourth-order valence-electron chi connectivity index (χ4n) is 2.59. The predicted molar refractivity (Wildman–Crippen MR) is 115 cm³/mol. The van der Waals surface area contributed by atoms with Crippen LogP contribution in [-0.2, 0) is 26.9 Å². The molecule has 0 bridgehead atoms. The summed E-state index contributed by atoms with van der Waals surface area (Å²) in [7, 11) is -12.9. The van der Waals surface area contributed by atoms with Crippen molar-refractivity contribution in [2.45, 2.75) is 103 Å². The molecule has 0 aliphatic carbocycles. The van der Waals surface area contributed by atoms with Crippen LogP contribution in [0.2, 0.25) is 0 Å². The van der Waals surface area contributed by atoms with Crippen LogP contribution in [0.15, 0.2) is 0 Å². The van der Waals surface area contributed by atoms with Crippen molar-refractivity contribution in [2.75, 3.05) is 6.61 Å². The molecule has 1 N–H and O–H groups in total. The topological polar surface area (TPSA) is 199 Å². The van der Waals surface area contributed by atoms with E-state index in [1.54, 1.807) is 0 Å². The molecule has 0 aliphatic heterocycles. The van der Waals surface area contributed by atoms with Crippen molar-refractivity contribution in [1.29, 1.82) is 0 Å². The molecule has 0 aromatic rings. The van der Waals surface area contributed by atoms with Crippen LogP contribution in [0.25, 0.3) is 0 Å². The van der Waals surface area contributed by atoms with Crippen molar-refractivity contribution in [1.82, 2.24) is 0 Å². The van der Waals surface area contributed by atoms with Gasteiger partial charge in [-0.3, -0.25) is 0 Å². The Balaban J connectivity index is -0.0000000788. The average molecular weight is 632 g/mol. The van der Waals surface area contributed by atoms with Gasteiger partial charge in [0, 0.05) is 6.61 Å². The largest absolute Gasteiger partial charge is 1.00 e. The van der Waals surface area contributed by atoms with Crippen molar-refractivity contribution in [3.8, 4) is 0 Å². The molecular weight excluding hydrogens is 596 g/mol. The first-order chi connectivity index (χ1) is 15.2. The molecule has 0 aromatic carbocycles. The molecule has 4 atom stereocenters. The predicted octanol–water partition coefficient (Wildman–Crippen LogP) is -8.06. The zero-order chi connectivity index (χ0) is 25.0. The minimum absolute atomic E-state index is 0. The quantitative estimate of drug-likeness (QED) is 0.0806. The molecule has 0 aromatic heterocycles. The van der Waals surface area contributed by atoms with E-state index in [2.05, 4.69) is 15.5 Å². The first-order valence-electron chi connectivity index (χ1n) is 10.7. The van der Waals surface area contributed by atoms with Crippen molar-refractivity contribution >= 4 is 33.0 Å². The van der Waals surface area contributed by atoms with Crippen LogP contribution in [-0.4, -0.2) is 11.7 Å². The second-order valence-electron chi connectivity index (χ2n) is 6.73. The van der Waals surface area contributed by atoms with Crippen LogP contribution >= 0.6 is 33.0 Å². The van der Waals surface area contributed by atoms with Crippen molar-refractivity contribution in [3.63, 3.8) is 0 Å². The molecule has 0 radical (unpaired) electrons. The van der Waals surface area contributed by atoms with E-state index in [1.807, 2.05) is 0 Å². The smallest absolute Gasteiger partial charge is 0.563 e. The first kappa shape index (κ1) is 56.0. The zero-order valence-corrected chi connectivity index (χ0v) is 34.2. The van der Waals surface area contributed by atoms with Crippen LogP contribution in [0, 0.1) is 0 Å². The van der Waals surface area contributed by atoms with Gasteiger partial charge in [0.15, 0.2) is 0 Å². The molecule has 0 rings (SSSR count). The van der Waals surface area contributed by atoms with Gasteiger partial charge in [-0.05, 0) is 24.7 Å². The first-order valence-corrected chi connectivity index (χ1v) is 15.1. The minimum atomic E-state index is -3.24. The molecular formula is C17H36Na4O11P4+4. The Labute approximate surface area is 308 Å². The van der Waals surface area contributed by atoms with Gasteiger partial charge in [-0.25, -0.2) is 0 Å². The van der Waals surface area contributed by atoms with Gasteiger partial charge in [0.1, 0.15) is 8.62 Å². The Hall–Kier alpha value is 4.12. The van der Waals surface area contributed by atoms with Crippen LogP contribution in [0.1, 0.15) is 103 Å². The molecule has 0 amide bonds. The Kier molecular flexibility index (Phi) is 75.9. The van der Waals surface area contributed by atoms with Gasteiger partial charge in [-0.2, -0.15) is 0 Å². The minimum Gasteiger partial charge on any atom is -0.563 e. The summed E-state index contributed by atoms with van der Waals surface area (Å²) in [5, 5.41) is 8.66. The van der Waals surface area contributed by atoms with E-state index in [-0.39, 0.29) is 118 Å². The fraction of sp³-hybridized carbons (Fsp3) is 1.00. The second kappa shape index (κ2) is 48.8. The molecule has 4 unspecified atom stereocenters. The molecule has 190 valence electrons. The maximum atomic E-state index is 9.24. The molecule has 0 heterocycles. The monoisotopic (exact) mass is 632 g/mol. The average Bonchev–Trinajstić information content (AvgIpc) is 2.67. The number of aliphatic hydroxyl groups excluding tert-OH is 1. The van der Waals surface area contributed by atoms with E-state index in [1.165, 1.54) is 89.9 Å². The SMILES string of the molecule is CCCCCCCCCCCCCCCCCO.O=[P+]([O-])O[P+](=O)[O-].O=[P+]([O-])O[P+](=O)[O-].[Na+].[Na+].[Na+].[Na+]. The summed E-state index contributed by atoms with van der Waals surface area (Å²) in [6.45, 7) is 2.65. The fourth-order valence-corrected chi connectivity index (χ4v) is 3.46.